The van der Waals surface area contributed by atoms with Crippen LogP contribution in [0.5, 0.6) is 0 Å². The van der Waals surface area contributed by atoms with E-state index >= 15 is 0 Å². The molecule has 2 aromatic heterocycles. The molecule has 2 heterocycles. The minimum absolute atomic E-state index is 0.185. The van der Waals surface area contributed by atoms with E-state index in [0.29, 0.717) is 18.3 Å². The van der Waals surface area contributed by atoms with Gasteiger partial charge in [0.05, 0.1) is 34.6 Å². The fourth-order valence-corrected chi connectivity index (χ4v) is 3.26. The summed E-state index contributed by atoms with van der Waals surface area (Å²) in [4.78, 5) is 27.6. The largest absolute Gasteiger partial charge is 0.451 e. The first kappa shape index (κ1) is 26.1. The molecule has 0 aliphatic carbocycles. The average molecular weight is 530 g/mol. The van der Waals surface area contributed by atoms with Crippen LogP contribution < -0.4 is 11.0 Å². The quantitative estimate of drug-likeness (QED) is 0.503. The van der Waals surface area contributed by atoms with Crippen molar-refractivity contribution in [1.29, 1.82) is 0 Å². The molecule has 3 rings (SSSR count). The first-order valence-corrected chi connectivity index (χ1v) is 9.63. The predicted octanol–water partition coefficient (Wildman–Crippen LogP) is 4.18. The molecule has 35 heavy (non-hydrogen) atoms. The molecule has 0 radical (unpaired) electrons. The van der Waals surface area contributed by atoms with Crippen LogP contribution in [0, 0.1) is 0 Å². The van der Waals surface area contributed by atoms with E-state index < -0.39 is 69.8 Å². The van der Waals surface area contributed by atoms with E-state index in [1.165, 1.54) is 0 Å². The summed E-state index contributed by atoms with van der Waals surface area (Å²) in [6.07, 6.45) is -9.29. The Kier molecular flexibility index (Phi) is 6.67. The number of pyridine rings is 1. The van der Waals surface area contributed by atoms with E-state index in [2.05, 4.69) is 10.1 Å². The van der Waals surface area contributed by atoms with E-state index in [9.17, 15) is 44.7 Å². The maximum atomic E-state index is 14.6. The van der Waals surface area contributed by atoms with E-state index in [4.69, 9.17) is 11.6 Å². The van der Waals surface area contributed by atoms with Crippen molar-refractivity contribution in [3.8, 4) is 5.69 Å². The molecule has 0 bridgehead atoms. The second-order valence-corrected chi connectivity index (χ2v) is 7.44. The standard InChI is InChI=1S/C19H12ClF8N5O2/c1-32-15(19(26,27)28)31-33(16(32)35)9-6-12(20)13(29-7-9)17(21,22)8-30-14(34)10-4-2-3-5-11(10)18(23,24)25/h2-7H,8H2,1H3,(H,30,34). The summed E-state index contributed by atoms with van der Waals surface area (Å²) in [5.41, 5.74) is -5.09. The molecule has 1 N–H and O–H groups in total. The molecule has 0 saturated carbocycles. The number of nitrogens with zero attached hydrogens (tertiary/aromatic N) is 4. The Labute approximate surface area is 194 Å². The lowest BCUT2D eigenvalue weighted by atomic mass is 10.1. The van der Waals surface area contributed by atoms with Crippen LogP contribution in [0.25, 0.3) is 5.69 Å². The normalized spacial score (nSPS) is 12.6. The number of carbonyl (C=O) groups excluding carboxylic acids is 1. The van der Waals surface area contributed by atoms with E-state index in [1.807, 2.05) is 0 Å². The molecule has 0 aliphatic heterocycles. The van der Waals surface area contributed by atoms with Crippen molar-refractivity contribution < 1.29 is 39.9 Å². The molecule has 0 fully saturated rings. The molecule has 7 nitrogen and oxygen atoms in total. The van der Waals surface area contributed by atoms with E-state index in [0.717, 1.165) is 25.2 Å². The molecule has 0 aliphatic rings. The number of hydrogen-bond acceptors (Lipinski definition) is 4. The van der Waals surface area contributed by atoms with Gasteiger partial charge >= 0.3 is 24.0 Å². The highest BCUT2D eigenvalue weighted by Gasteiger charge is 2.40. The minimum atomic E-state index is -4.98. The summed E-state index contributed by atoms with van der Waals surface area (Å²) in [5.74, 6) is -7.01. The third-order valence-corrected chi connectivity index (χ3v) is 4.89. The molecule has 0 atom stereocenters. The predicted molar refractivity (Wildman–Crippen MR) is 104 cm³/mol. The lowest BCUT2D eigenvalue weighted by molar-refractivity contribution is -0.147. The smallest absolute Gasteiger partial charge is 0.346 e. The Morgan fingerprint density at radius 2 is 1.69 bits per heavy atom. The summed E-state index contributed by atoms with van der Waals surface area (Å²) in [6, 6.07) is 4.24. The van der Waals surface area contributed by atoms with Crippen LogP contribution in [0.2, 0.25) is 5.02 Å². The number of carbonyl (C=O) groups is 1. The third kappa shape index (κ3) is 5.28. The van der Waals surface area contributed by atoms with Crippen LogP contribution in [0.3, 0.4) is 0 Å². The topological polar surface area (TPSA) is 81.8 Å². The fraction of sp³-hybridized carbons (Fsp3) is 0.263. The zero-order valence-electron chi connectivity index (χ0n) is 17.2. The summed E-state index contributed by atoms with van der Waals surface area (Å²) in [7, 11) is 0.797. The Balaban J connectivity index is 1.85. The van der Waals surface area contributed by atoms with Gasteiger partial charge in [-0.05, 0) is 18.2 Å². The van der Waals surface area contributed by atoms with Crippen LogP contribution in [0.1, 0.15) is 27.4 Å². The maximum Gasteiger partial charge on any atom is 0.451 e. The summed E-state index contributed by atoms with van der Waals surface area (Å²) < 4.78 is 108. The van der Waals surface area contributed by atoms with Gasteiger partial charge in [0.1, 0.15) is 5.69 Å². The Morgan fingerprint density at radius 3 is 2.23 bits per heavy atom. The van der Waals surface area contributed by atoms with Crippen LogP contribution >= 0.6 is 11.6 Å². The number of amides is 1. The zero-order chi connectivity index (χ0) is 26.3. The third-order valence-electron chi connectivity index (χ3n) is 4.60. The number of benzene rings is 1. The van der Waals surface area contributed by atoms with Crippen molar-refractivity contribution in [2.45, 2.75) is 18.3 Å². The highest BCUT2D eigenvalue weighted by Crippen LogP contribution is 2.34. The first-order chi connectivity index (χ1) is 16.0. The van der Waals surface area contributed by atoms with E-state index in [-0.39, 0.29) is 9.25 Å². The average Bonchev–Trinajstić information content (AvgIpc) is 3.06. The van der Waals surface area contributed by atoms with Crippen molar-refractivity contribution in [2.75, 3.05) is 6.54 Å². The van der Waals surface area contributed by atoms with Gasteiger partial charge in [-0.2, -0.15) is 39.8 Å². The van der Waals surface area contributed by atoms with Crippen molar-refractivity contribution in [3.63, 3.8) is 0 Å². The summed E-state index contributed by atoms with van der Waals surface area (Å²) >= 11 is 5.79. The monoisotopic (exact) mass is 529 g/mol. The van der Waals surface area contributed by atoms with Crippen LogP contribution in [-0.4, -0.2) is 31.8 Å². The van der Waals surface area contributed by atoms with Gasteiger partial charge in [-0.1, -0.05) is 23.7 Å². The molecule has 0 unspecified atom stereocenters. The highest BCUT2D eigenvalue weighted by atomic mass is 35.5. The number of rotatable bonds is 5. The zero-order valence-corrected chi connectivity index (χ0v) is 17.9. The molecule has 0 saturated heterocycles. The molecular formula is C19H12ClF8N5O2. The van der Waals surface area contributed by atoms with Crippen molar-refractivity contribution in [1.82, 2.24) is 24.6 Å². The Bertz CT molecular complexity index is 1330. The lowest BCUT2D eigenvalue weighted by Gasteiger charge is -2.19. The highest BCUT2D eigenvalue weighted by molar-refractivity contribution is 6.31. The molecular weight excluding hydrogens is 518 g/mol. The van der Waals surface area contributed by atoms with Gasteiger partial charge in [-0.25, -0.2) is 4.79 Å². The van der Waals surface area contributed by atoms with Crippen molar-refractivity contribution >= 4 is 17.5 Å². The molecule has 1 aromatic carbocycles. The Morgan fingerprint density at radius 1 is 1.06 bits per heavy atom. The molecule has 188 valence electrons. The van der Waals surface area contributed by atoms with Gasteiger partial charge in [-0.3, -0.25) is 14.3 Å². The molecule has 1 amide bonds. The van der Waals surface area contributed by atoms with Gasteiger partial charge in [0.2, 0.25) is 5.82 Å². The Hall–Kier alpha value is -3.49. The molecule has 0 spiro atoms. The van der Waals surface area contributed by atoms with Crippen molar-refractivity contribution in [2.24, 2.45) is 7.05 Å². The van der Waals surface area contributed by atoms with Crippen LogP contribution in [-0.2, 0) is 25.3 Å². The van der Waals surface area contributed by atoms with Crippen LogP contribution in [0.4, 0.5) is 35.1 Å². The van der Waals surface area contributed by atoms with Gasteiger partial charge in [-0.15, -0.1) is 5.10 Å². The SMILES string of the molecule is Cn1c(C(F)(F)F)nn(-c2cnc(C(F)(F)CNC(=O)c3ccccc3C(F)(F)F)c(Cl)c2)c1=O. The molecule has 16 heteroatoms. The van der Waals surface area contributed by atoms with Crippen LogP contribution in [0.15, 0.2) is 41.3 Å². The van der Waals surface area contributed by atoms with Crippen molar-refractivity contribution in [3.05, 3.63) is 74.7 Å². The van der Waals surface area contributed by atoms with Gasteiger partial charge in [0.15, 0.2) is 0 Å². The number of alkyl halides is 8. The lowest BCUT2D eigenvalue weighted by Crippen LogP contribution is -2.36. The summed E-state index contributed by atoms with van der Waals surface area (Å²) in [5, 5.41) is 3.99. The van der Waals surface area contributed by atoms with E-state index in [1.54, 1.807) is 5.32 Å². The number of hydrogen-bond donors (Lipinski definition) is 1. The minimum Gasteiger partial charge on any atom is -0.346 e. The fourth-order valence-electron chi connectivity index (χ4n) is 2.96. The number of halogens is 9. The molecule has 3 aromatic rings. The first-order valence-electron chi connectivity index (χ1n) is 9.26. The number of nitrogens with one attached hydrogen (secondary N) is 1. The maximum absolute atomic E-state index is 14.6. The number of aromatic nitrogens is 4. The second kappa shape index (κ2) is 8.94. The van der Waals surface area contributed by atoms with Gasteiger partial charge < -0.3 is 5.32 Å². The second-order valence-electron chi connectivity index (χ2n) is 7.03. The van der Waals surface area contributed by atoms with Gasteiger partial charge in [0.25, 0.3) is 5.91 Å². The summed E-state index contributed by atoms with van der Waals surface area (Å²) in [6.45, 7) is -1.51. The van der Waals surface area contributed by atoms with Gasteiger partial charge in [0, 0.05) is 7.05 Å².